The van der Waals surface area contributed by atoms with Crippen molar-refractivity contribution in [3.8, 4) is 5.69 Å². The van der Waals surface area contributed by atoms with Crippen LogP contribution < -0.4 is 0 Å². The Labute approximate surface area is 94.5 Å². The van der Waals surface area contributed by atoms with Crippen LogP contribution in [0.1, 0.15) is 17.2 Å². The first-order chi connectivity index (χ1) is 7.86. The summed E-state index contributed by atoms with van der Waals surface area (Å²) in [6.07, 6.45) is 2.85. The van der Waals surface area contributed by atoms with Crippen molar-refractivity contribution in [3.63, 3.8) is 0 Å². The summed E-state index contributed by atoms with van der Waals surface area (Å²) in [5.74, 6) is 1.03. The molecule has 3 nitrogen and oxygen atoms in total. The molecule has 3 heteroatoms. The zero-order chi connectivity index (χ0) is 11.0. The van der Waals surface area contributed by atoms with E-state index in [0.717, 1.165) is 24.5 Å². The average molecular weight is 211 g/mol. The maximum atomic E-state index is 4.54. The van der Waals surface area contributed by atoms with Gasteiger partial charge in [-0.25, -0.2) is 4.98 Å². The fraction of sp³-hybridized carbons (Fsp3) is 0.231. The number of aromatic nitrogens is 2. The maximum Gasteiger partial charge on any atom is 0.111 e. The molecule has 0 aliphatic carbocycles. The SMILES string of the molecule is Cc1nc2c(n1-c1ccccc1)CCN=C2. The Kier molecular flexibility index (Phi) is 2.10. The standard InChI is InChI=1S/C13H13N3/c1-10-15-12-9-14-8-7-13(12)16(10)11-5-3-2-4-6-11/h2-6,9H,7-8H2,1H3. The second kappa shape index (κ2) is 3.59. The van der Waals surface area contributed by atoms with Crippen LogP contribution in [-0.2, 0) is 6.42 Å². The van der Waals surface area contributed by atoms with Crippen molar-refractivity contribution in [1.82, 2.24) is 9.55 Å². The zero-order valence-corrected chi connectivity index (χ0v) is 9.22. The zero-order valence-electron chi connectivity index (χ0n) is 9.22. The first-order valence-corrected chi connectivity index (χ1v) is 5.50. The van der Waals surface area contributed by atoms with Crippen LogP contribution in [0.4, 0.5) is 0 Å². The van der Waals surface area contributed by atoms with E-state index in [1.165, 1.54) is 11.4 Å². The van der Waals surface area contributed by atoms with Gasteiger partial charge < -0.3 is 4.57 Å². The minimum absolute atomic E-state index is 0.866. The van der Waals surface area contributed by atoms with Crippen LogP contribution in [0.5, 0.6) is 0 Å². The van der Waals surface area contributed by atoms with Gasteiger partial charge in [0.05, 0.1) is 5.69 Å². The predicted molar refractivity (Wildman–Crippen MR) is 64.5 cm³/mol. The van der Waals surface area contributed by atoms with Crippen LogP contribution in [0.2, 0.25) is 0 Å². The van der Waals surface area contributed by atoms with Gasteiger partial charge in [0.15, 0.2) is 0 Å². The van der Waals surface area contributed by atoms with E-state index < -0.39 is 0 Å². The van der Waals surface area contributed by atoms with E-state index in [9.17, 15) is 0 Å². The fourth-order valence-electron chi connectivity index (χ4n) is 2.18. The molecule has 2 aromatic rings. The number of hydrogen-bond donors (Lipinski definition) is 0. The molecule has 3 rings (SSSR count). The summed E-state index contributed by atoms with van der Waals surface area (Å²) in [6.45, 7) is 2.91. The summed E-state index contributed by atoms with van der Waals surface area (Å²) in [5, 5.41) is 0. The van der Waals surface area contributed by atoms with Crippen LogP contribution in [0.3, 0.4) is 0 Å². The summed E-state index contributed by atoms with van der Waals surface area (Å²) in [5.41, 5.74) is 3.48. The Bertz CT molecular complexity index is 538. The lowest BCUT2D eigenvalue weighted by atomic mass is 10.2. The van der Waals surface area contributed by atoms with Crippen LogP contribution in [-0.4, -0.2) is 22.3 Å². The number of imidazole rings is 1. The summed E-state index contributed by atoms with van der Waals surface area (Å²) in [7, 11) is 0. The van der Waals surface area contributed by atoms with Gasteiger partial charge in [-0.15, -0.1) is 0 Å². The second-order valence-electron chi connectivity index (χ2n) is 3.95. The van der Waals surface area contributed by atoms with Gasteiger partial charge >= 0.3 is 0 Å². The van der Waals surface area contributed by atoms with Crippen molar-refractivity contribution in [3.05, 3.63) is 47.5 Å². The molecule has 1 aliphatic heterocycles. The molecule has 1 aromatic carbocycles. The largest absolute Gasteiger partial charge is 0.300 e. The molecule has 2 heterocycles. The minimum Gasteiger partial charge on any atom is -0.300 e. The normalized spacial score (nSPS) is 13.8. The molecule has 80 valence electrons. The van der Waals surface area contributed by atoms with E-state index in [0.29, 0.717) is 0 Å². The molecule has 0 radical (unpaired) electrons. The smallest absolute Gasteiger partial charge is 0.111 e. The quantitative estimate of drug-likeness (QED) is 0.711. The summed E-state index contributed by atoms with van der Waals surface area (Å²) < 4.78 is 2.22. The van der Waals surface area contributed by atoms with Crippen LogP contribution in [0, 0.1) is 6.92 Å². The Balaban J connectivity index is 2.21. The molecule has 0 saturated heterocycles. The number of rotatable bonds is 1. The average Bonchev–Trinajstić information content (AvgIpc) is 2.66. The van der Waals surface area contributed by atoms with Gasteiger partial charge in [-0.05, 0) is 19.1 Å². The van der Waals surface area contributed by atoms with Gasteiger partial charge in [0.25, 0.3) is 0 Å². The maximum absolute atomic E-state index is 4.54. The van der Waals surface area contributed by atoms with Crippen molar-refractivity contribution < 1.29 is 0 Å². The highest BCUT2D eigenvalue weighted by molar-refractivity contribution is 5.80. The van der Waals surface area contributed by atoms with Crippen molar-refractivity contribution in [2.45, 2.75) is 13.3 Å². The second-order valence-corrected chi connectivity index (χ2v) is 3.95. The van der Waals surface area contributed by atoms with Crippen molar-refractivity contribution in [1.29, 1.82) is 0 Å². The predicted octanol–water partition coefficient (Wildman–Crippen LogP) is 2.16. The lowest BCUT2D eigenvalue weighted by Gasteiger charge is -2.11. The third-order valence-electron chi connectivity index (χ3n) is 2.88. The summed E-state index contributed by atoms with van der Waals surface area (Å²) in [4.78, 5) is 8.81. The van der Waals surface area contributed by atoms with E-state index in [-0.39, 0.29) is 0 Å². The van der Waals surface area contributed by atoms with E-state index >= 15 is 0 Å². The van der Waals surface area contributed by atoms with E-state index in [1.807, 2.05) is 19.2 Å². The van der Waals surface area contributed by atoms with Crippen LogP contribution in [0.15, 0.2) is 35.3 Å². The third-order valence-corrected chi connectivity index (χ3v) is 2.88. The number of fused-ring (bicyclic) bond motifs is 1. The van der Waals surface area contributed by atoms with Gasteiger partial charge in [0.1, 0.15) is 11.5 Å². The summed E-state index contributed by atoms with van der Waals surface area (Å²) >= 11 is 0. The number of benzene rings is 1. The van der Waals surface area contributed by atoms with Gasteiger partial charge in [-0.1, -0.05) is 18.2 Å². The van der Waals surface area contributed by atoms with Crippen LogP contribution >= 0.6 is 0 Å². The number of aryl methyl sites for hydroxylation is 1. The fourth-order valence-corrected chi connectivity index (χ4v) is 2.18. The van der Waals surface area contributed by atoms with Gasteiger partial charge in [-0.3, -0.25) is 4.99 Å². The number of nitrogens with zero attached hydrogens (tertiary/aromatic N) is 3. The molecule has 0 spiro atoms. The van der Waals surface area contributed by atoms with Crippen molar-refractivity contribution >= 4 is 6.21 Å². The highest BCUT2D eigenvalue weighted by Crippen LogP contribution is 2.19. The molecular formula is C13H13N3. The number of aliphatic imine (C=N–C) groups is 1. The molecule has 1 aromatic heterocycles. The molecule has 0 atom stereocenters. The first-order valence-electron chi connectivity index (χ1n) is 5.50. The lowest BCUT2D eigenvalue weighted by Crippen LogP contribution is -2.08. The van der Waals surface area contributed by atoms with Crippen LogP contribution in [0.25, 0.3) is 5.69 Å². The Morgan fingerprint density at radius 1 is 1.19 bits per heavy atom. The number of para-hydroxylation sites is 1. The molecule has 1 aliphatic rings. The molecule has 16 heavy (non-hydrogen) atoms. The third kappa shape index (κ3) is 1.36. The van der Waals surface area contributed by atoms with Gasteiger partial charge in [-0.2, -0.15) is 0 Å². The minimum atomic E-state index is 0.866. The van der Waals surface area contributed by atoms with Crippen molar-refractivity contribution in [2.75, 3.05) is 6.54 Å². The Morgan fingerprint density at radius 3 is 2.81 bits per heavy atom. The topological polar surface area (TPSA) is 30.2 Å². The Hall–Kier alpha value is -1.90. The highest BCUT2D eigenvalue weighted by Gasteiger charge is 2.16. The van der Waals surface area contributed by atoms with Crippen molar-refractivity contribution in [2.24, 2.45) is 4.99 Å². The van der Waals surface area contributed by atoms with Gasteiger partial charge in [0, 0.05) is 24.9 Å². The molecule has 0 amide bonds. The lowest BCUT2D eigenvalue weighted by molar-refractivity contribution is 0.846. The molecule has 0 saturated carbocycles. The Morgan fingerprint density at radius 2 is 2.00 bits per heavy atom. The summed E-state index contributed by atoms with van der Waals surface area (Å²) in [6, 6.07) is 10.4. The van der Waals surface area contributed by atoms with Gasteiger partial charge in [0.2, 0.25) is 0 Å². The van der Waals surface area contributed by atoms with E-state index in [1.54, 1.807) is 0 Å². The highest BCUT2D eigenvalue weighted by atomic mass is 15.1. The molecular weight excluding hydrogens is 198 g/mol. The first kappa shape index (κ1) is 9.33. The number of hydrogen-bond acceptors (Lipinski definition) is 2. The molecule has 0 bridgehead atoms. The molecule has 0 unspecified atom stereocenters. The molecule has 0 fully saturated rings. The molecule has 0 N–H and O–H groups in total. The van der Waals surface area contributed by atoms with E-state index in [4.69, 9.17) is 0 Å². The van der Waals surface area contributed by atoms with E-state index in [2.05, 4.69) is 38.8 Å². The monoisotopic (exact) mass is 211 g/mol.